The van der Waals surface area contributed by atoms with Crippen molar-refractivity contribution in [2.45, 2.75) is 71.9 Å². The summed E-state index contributed by atoms with van der Waals surface area (Å²) in [6, 6.07) is 9.52. The van der Waals surface area contributed by atoms with Crippen LogP contribution in [-0.2, 0) is 35.1 Å². The van der Waals surface area contributed by atoms with E-state index in [1.165, 1.54) is 0 Å². The number of carbonyl (C=O) groups excluding carboxylic acids is 2. The number of carbonyl (C=O) groups is 2. The van der Waals surface area contributed by atoms with Crippen LogP contribution in [0.25, 0.3) is 0 Å². The first kappa shape index (κ1) is 23.1. The summed E-state index contributed by atoms with van der Waals surface area (Å²) in [5.74, 6) is -2.02. The summed E-state index contributed by atoms with van der Waals surface area (Å²) in [4.78, 5) is 23.8. The highest BCUT2D eigenvalue weighted by molar-refractivity contribution is 5.70. The highest BCUT2D eigenvalue weighted by atomic mass is 16.9. The van der Waals surface area contributed by atoms with E-state index in [2.05, 4.69) is 6.92 Å². The maximum Gasteiger partial charge on any atom is 0.326 e. The third kappa shape index (κ3) is 10.7. The number of benzene rings is 1. The molecular formula is C21H32O6. The molecule has 27 heavy (non-hydrogen) atoms. The fourth-order valence-corrected chi connectivity index (χ4v) is 2.37. The summed E-state index contributed by atoms with van der Waals surface area (Å²) in [7, 11) is 0. The lowest BCUT2D eigenvalue weighted by atomic mass is 10.2. The molecule has 0 spiro atoms. The minimum Gasteiger partial charge on any atom is -0.461 e. The molecule has 0 aliphatic rings. The summed E-state index contributed by atoms with van der Waals surface area (Å²) in [5.41, 5.74) is 0.952. The Labute approximate surface area is 162 Å². The number of rotatable bonds is 14. The van der Waals surface area contributed by atoms with Crippen LogP contribution in [0.4, 0.5) is 0 Å². The fraction of sp³-hybridized carbons (Fsp3) is 0.619. The summed E-state index contributed by atoms with van der Waals surface area (Å²) < 4.78 is 21.5. The highest BCUT2D eigenvalue weighted by Gasteiger charge is 2.30. The number of hydrogen-bond donors (Lipinski definition) is 0. The Morgan fingerprint density at radius 2 is 1.59 bits per heavy atom. The summed E-state index contributed by atoms with van der Waals surface area (Å²) in [6.07, 6.45) is 3.42. The molecule has 1 unspecified atom stereocenters. The molecule has 0 aliphatic carbocycles. The van der Waals surface area contributed by atoms with Gasteiger partial charge in [-0.15, -0.1) is 0 Å². The minimum absolute atomic E-state index is 0.200. The molecule has 0 saturated heterocycles. The lowest BCUT2D eigenvalue weighted by Gasteiger charge is -2.28. The van der Waals surface area contributed by atoms with Crippen molar-refractivity contribution < 1.29 is 28.5 Å². The van der Waals surface area contributed by atoms with Gasteiger partial charge in [-0.05, 0) is 31.7 Å². The Morgan fingerprint density at radius 3 is 2.22 bits per heavy atom. The third-order valence-corrected chi connectivity index (χ3v) is 3.82. The van der Waals surface area contributed by atoms with E-state index in [1.54, 1.807) is 6.92 Å². The largest absolute Gasteiger partial charge is 0.461 e. The van der Waals surface area contributed by atoms with Crippen molar-refractivity contribution in [3.05, 3.63) is 35.9 Å². The van der Waals surface area contributed by atoms with Gasteiger partial charge < -0.3 is 18.9 Å². The standard InChI is InChI=1S/C21H32O6/c1-4-6-16-26-21(3,25-5-2)27-20(23)15-11-10-14-19(22)24-17-18-12-8-7-9-13-18/h7-9,12-13H,4-6,10-11,14-17H2,1-3H3. The van der Waals surface area contributed by atoms with Crippen LogP contribution in [0.3, 0.4) is 0 Å². The van der Waals surface area contributed by atoms with Gasteiger partial charge in [-0.3, -0.25) is 9.59 Å². The van der Waals surface area contributed by atoms with E-state index in [9.17, 15) is 9.59 Å². The zero-order valence-electron chi connectivity index (χ0n) is 16.7. The molecule has 0 radical (unpaired) electrons. The van der Waals surface area contributed by atoms with Crippen LogP contribution in [-0.4, -0.2) is 31.1 Å². The van der Waals surface area contributed by atoms with Gasteiger partial charge in [0, 0.05) is 19.8 Å². The lowest BCUT2D eigenvalue weighted by molar-refractivity contribution is -0.351. The highest BCUT2D eigenvalue weighted by Crippen LogP contribution is 2.17. The Kier molecular flexibility index (Phi) is 11.4. The molecule has 0 heterocycles. The molecule has 0 fully saturated rings. The Hall–Kier alpha value is -1.92. The second kappa shape index (κ2) is 13.3. The van der Waals surface area contributed by atoms with Gasteiger partial charge in [0.25, 0.3) is 0 Å². The Morgan fingerprint density at radius 1 is 0.926 bits per heavy atom. The quantitative estimate of drug-likeness (QED) is 0.271. The van der Waals surface area contributed by atoms with E-state index in [0.717, 1.165) is 18.4 Å². The normalized spacial score (nSPS) is 13.0. The molecule has 6 nitrogen and oxygen atoms in total. The van der Waals surface area contributed by atoms with E-state index in [1.807, 2.05) is 37.3 Å². The predicted octanol–water partition coefficient (Wildman–Crippen LogP) is 4.36. The van der Waals surface area contributed by atoms with Gasteiger partial charge >= 0.3 is 17.9 Å². The topological polar surface area (TPSA) is 71.1 Å². The second-order valence-corrected chi connectivity index (χ2v) is 6.32. The average Bonchev–Trinajstić information content (AvgIpc) is 2.65. The molecule has 0 amide bonds. The number of esters is 2. The molecule has 0 aromatic heterocycles. The molecule has 1 aromatic rings. The van der Waals surface area contributed by atoms with Crippen LogP contribution in [0.5, 0.6) is 0 Å². The summed E-state index contributed by atoms with van der Waals surface area (Å²) >= 11 is 0. The van der Waals surface area contributed by atoms with E-state index >= 15 is 0 Å². The van der Waals surface area contributed by atoms with Crippen molar-refractivity contribution in [1.82, 2.24) is 0 Å². The Bertz CT molecular complexity index is 545. The number of ether oxygens (including phenoxy) is 4. The second-order valence-electron chi connectivity index (χ2n) is 6.32. The first-order valence-corrected chi connectivity index (χ1v) is 9.68. The van der Waals surface area contributed by atoms with E-state index in [4.69, 9.17) is 18.9 Å². The van der Waals surface area contributed by atoms with Crippen LogP contribution in [0, 0.1) is 0 Å². The third-order valence-electron chi connectivity index (χ3n) is 3.82. The predicted molar refractivity (Wildman–Crippen MR) is 102 cm³/mol. The van der Waals surface area contributed by atoms with E-state index in [-0.39, 0.29) is 25.4 Å². The monoisotopic (exact) mass is 380 g/mol. The van der Waals surface area contributed by atoms with Crippen LogP contribution >= 0.6 is 0 Å². The maximum absolute atomic E-state index is 12.0. The van der Waals surface area contributed by atoms with E-state index in [0.29, 0.717) is 26.1 Å². The molecular weight excluding hydrogens is 348 g/mol. The molecule has 6 heteroatoms. The molecule has 1 atom stereocenters. The molecule has 0 saturated carbocycles. The molecule has 1 aromatic carbocycles. The first-order valence-electron chi connectivity index (χ1n) is 9.68. The zero-order chi connectivity index (χ0) is 20.0. The van der Waals surface area contributed by atoms with Crippen molar-refractivity contribution in [2.24, 2.45) is 0 Å². The summed E-state index contributed by atoms with van der Waals surface area (Å²) in [5, 5.41) is 0. The van der Waals surface area contributed by atoms with Gasteiger partial charge in [-0.1, -0.05) is 43.7 Å². The van der Waals surface area contributed by atoms with Crippen LogP contribution in [0.1, 0.15) is 64.9 Å². The fourth-order valence-electron chi connectivity index (χ4n) is 2.37. The van der Waals surface area contributed by atoms with Crippen molar-refractivity contribution in [1.29, 1.82) is 0 Å². The van der Waals surface area contributed by atoms with Gasteiger partial charge in [0.05, 0.1) is 13.2 Å². The smallest absolute Gasteiger partial charge is 0.326 e. The lowest BCUT2D eigenvalue weighted by Crippen LogP contribution is -2.38. The molecule has 0 aliphatic heterocycles. The zero-order valence-corrected chi connectivity index (χ0v) is 16.7. The van der Waals surface area contributed by atoms with Crippen molar-refractivity contribution in [3.8, 4) is 0 Å². The van der Waals surface area contributed by atoms with Crippen LogP contribution in [0.15, 0.2) is 30.3 Å². The average molecular weight is 380 g/mol. The number of unbranched alkanes of at least 4 members (excludes halogenated alkanes) is 2. The van der Waals surface area contributed by atoms with Crippen molar-refractivity contribution >= 4 is 11.9 Å². The van der Waals surface area contributed by atoms with Crippen molar-refractivity contribution in [3.63, 3.8) is 0 Å². The van der Waals surface area contributed by atoms with Gasteiger partial charge in [0.15, 0.2) is 0 Å². The maximum atomic E-state index is 12.0. The van der Waals surface area contributed by atoms with Crippen molar-refractivity contribution in [2.75, 3.05) is 13.2 Å². The molecule has 1 rings (SSSR count). The van der Waals surface area contributed by atoms with Crippen LogP contribution in [0.2, 0.25) is 0 Å². The van der Waals surface area contributed by atoms with Gasteiger partial charge in [-0.2, -0.15) is 0 Å². The van der Waals surface area contributed by atoms with E-state index < -0.39 is 11.9 Å². The Balaban J connectivity index is 2.21. The minimum atomic E-state index is -1.35. The van der Waals surface area contributed by atoms with Gasteiger partial charge in [-0.25, -0.2) is 0 Å². The van der Waals surface area contributed by atoms with Crippen LogP contribution < -0.4 is 0 Å². The molecule has 0 bridgehead atoms. The SMILES string of the molecule is CCCCOC(C)(OCC)OC(=O)CCCCC(=O)OCc1ccccc1. The van der Waals surface area contributed by atoms with Gasteiger partial charge in [0.2, 0.25) is 0 Å². The molecule has 0 N–H and O–H groups in total. The molecule has 152 valence electrons. The van der Waals surface area contributed by atoms with Gasteiger partial charge in [0.1, 0.15) is 6.61 Å². The number of hydrogen-bond acceptors (Lipinski definition) is 6. The summed E-state index contributed by atoms with van der Waals surface area (Å²) in [6.45, 7) is 6.58. The first-order chi connectivity index (χ1) is 13.0.